The van der Waals surface area contributed by atoms with Gasteiger partial charge in [0, 0.05) is 0 Å². The van der Waals surface area contributed by atoms with Crippen LogP contribution in [-0.2, 0) is 0 Å². The lowest BCUT2D eigenvalue weighted by atomic mass is 9.56. The molecule has 20 heavy (non-hydrogen) atoms. The third kappa shape index (κ3) is 1.84. The van der Waals surface area contributed by atoms with Gasteiger partial charge in [0.05, 0.1) is 0 Å². The van der Waals surface area contributed by atoms with Gasteiger partial charge in [0.15, 0.2) is 0 Å². The van der Waals surface area contributed by atoms with Gasteiger partial charge in [-0.05, 0) is 46.6 Å². The summed E-state index contributed by atoms with van der Waals surface area (Å²) >= 11 is 0. The highest BCUT2D eigenvalue weighted by Gasteiger charge is 2.43. The van der Waals surface area contributed by atoms with Crippen molar-refractivity contribution in [3.05, 3.63) is 83.9 Å². The molecule has 0 saturated heterocycles. The van der Waals surface area contributed by atoms with Gasteiger partial charge >= 0.3 is 0 Å². The van der Waals surface area contributed by atoms with Gasteiger partial charge in [-0.3, -0.25) is 0 Å². The highest BCUT2D eigenvalue weighted by Crippen LogP contribution is 2.59. The van der Waals surface area contributed by atoms with Crippen LogP contribution in [0.25, 0.3) is 10.8 Å². The van der Waals surface area contributed by atoms with E-state index in [9.17, 15) is 0 Å². The van der Waals surface area contributed by atoms with Crippen molar-refractivity contribution in [2.45, 2.75) is 24.7 Å². The lowest BCUT2D eigenvalue weighted by Gasteiger charge is -2.48. The van der Waals surface area contributed by atoms with E-state index in [2.05, 4.69) is 72.8 Å². The molecule has 0 aliphatic heterocycles. The largest absolute Gasteiger partial charge is 0.0620 e. The fourth-order valence-electron chi connectivity index (χ4n) is 3.47. The maximum atomic E-state index is 2.29. The molecule has 0 heteroatoms. The molecule has 0 amide bonds. The van der Waals surface area contributed by atoms with Crippen LogP contribution in [0.15, 0.2) is 72.8 Å². The molecule has 98 valence electrons. The molecular weight excluding hydrogens is 240 g/mol. The van der Waals surface area contributed by atoms with Gasteiger partial charge in [-0.1, -0.05) is 72.8 Å². The molecule has 0 spiro atoms. The summed E-state index contributed by atoms with van der Waals surface area (Å²) in [4.78, 5) is 0. The van der Waals surface area contributed by atoms with Gasteiger partial charge in [0.25, 0.3) is 0 Å². The lowest BCUT2D eigenvalue weighted by molar-refractivity contribution is 0.294. The van der Waals surface area contributed by atoms with Crippen molar-refractivity contribution in [3.8, 4) is 0 Å². The Labute approximate surface area is 120 Å². The number of fused-ring (bicyclic) bond motifs is 5. The van der Waals surface area contributed by atoms with Crippen molar-refractivity contribution < 1.29 is 0 Å². The summed E-state index contributed by atoms with van der Waals surface area (Å²) in [6, 6.07) is 25.6. The first kappa shape index (κ1) is 11.7. The Morgan fingerprint density at radius 2 is 0.850 bits per heavy atom. The highest BCUT2D eigenvalue weighted by molar-refractivity contribution is 5.82. The molecule has 0 N–H and O–H groups in total. The first-order chi connectivity index (χ1) is 9.93. The summed E-state index contributed by atoms with van der Waals surface area (Å²) in [7, 11) is 0. The quantitative estimate of drug-likeness (QED) is 0.499. The molecule has 1 saturated carbocycles. The normalized spacial score (nSPS) is 21.6. The van der Waals surface area contributed by atoms with E-state index in [4.69, 9.17) is 0 Å². The molecule has 0 bridgehead atoms. The molecule has 2 atom stereocenters. The lowest BCUT2D eigenvalue weighted by Crippen LogP contribution is -2.32. The molecule has 3 aromatic carbocycles. The van der Waals surface area contributed by atoms with E-state index in [1.54, 1.807) is 11.1 Å². The molecular formula is C20H18. The SMILES string of the molecule is c1ccc2c(c1)C1CCC21.c1ccc2ccccc2c1. The van der Waals surface area contributed by atoms with Crippen LogP contribution in [0.2, 0.25) is 0 Å². The van der Waals surface area contributed by atoms with E-state index >= 15 is 0 Å². The monoisotopic (exact) mass is 258 g/mol. The van der Waals surface area contributed by atoms with Crippen LogP contribution in [0.5, 0.6) is 0 Å². The molecule has 1 fully saturated rings. The number of rotatable bonds is 0. The Balaban J connectivity index is 0.000000106. The fourth-order valence-corrected chi connectivity index (χ4v) is 3.47. The molecule has 0 heterocycles. The van der Waals surface area contributed by atoms with E-state index in [1.165, 1.54) is 23.6 Å². The minimum absolute atomic E-state index is 0.969. The topological polar surface area (TPSA) is 0 Å². The second-order valence-corrected chi connectivity index (χ2v) is 5.77. The van der Waals surface area contributed by atoms with Gasteiger partial charge in [-0.15, -0.1) is 0 Å². The van der Waals surface area contributed by atoms with E-state index in [0.717, 1.165) is 11.8 Å². The second-order valence-electron chi connectivity index (χ2n) is 5.77. The summed E-state index contributed by atoms with van der Waals surface area (Å²) in [6.45, 7) is 0. The first-order valence-corrected chi connectivity index (χ1v) is 7.46. The molecule has 2 aliphatic rings. The van der Waals surface area contributed by atoms with Crippen molar-refractivity contribution >= 4 is 10.8 Å². The van der Waals surface area contributed by atoms with Crippen molar-refractivity contribution in [2.75, 3.05) is 0 Å². The maximum Gasteiger partial charge on any atom is -0.00899 e. The zero-order valence-corrected chi connectivity index (χ0v) is 11.5. The summed E-state index contributed by atoms with van der Waals surface area (Å²) in [6.07, 6.45) is 2.89. The Morgan fingerprint density at radius 1 is 0.500 bits per heavy atom. The van der Waals surface area contributed by atoms with Gasteiger partial charge in [0.2, 0.25) is 0 Å². The smallest absolute Gasteiger partial charge is 0.00899 e. The Hall–Kier alpha value is -2.08. The number of hydrogen-bond donors (Lipinski definition) is 0. The van der Waals surface area contributed by atoms with Gasteiger partial charge < -0.3 is 0 Å². The molecule has 5 rings (SSSR count). The predicted molar refractivity (Wildman–Crippen MR) is 85.1 cm³/mol. The van der Waals surface area contributed by atoms with Crippen molar-refractivity contribution in [2.24, 2.45) is 0 Å². The molecule has 0 radical (unpaired) electrons. The van der Waals surface area contributed by atoms with Gasteiger partial charge in [0.1, 0.15) is 0 Å². The molecule has 0 nitrogen and oxygen atoms in total. The molecule has 2 aliphatic carbocycles. The van der Waals surface area contributed by atoms with E-state index in [0.29, 0.717) is 0 Å². The third-order valence-electron chi connectivity index (χ3n) is 4.73. The third-order valence-corrected chi connectivity index (χ3v) is 4.73. The second kappa shape index (κ2) is 4.79. The van der Waals surface area contributed by atoms with Gasteiger partial charge in [-0.2, -0.15) is 0 Å². The van der Waals surface area contributed by atoms with Crippen LogP contribution in [0.1, 0.15) is 35.8 Å². The van der Waals surface area contributed by atoms with E-state index < -0.39 is 0 Å². The number of hydrogen-bond acceptors (Lipinski definition) is 0. The van der Waals surface area contributed by atoms with E-state index in [1.807, 2.05) is 0 Å². The minimum Gasteiger partial charge on any atom is -0.0620 e. The molecule has 2 unspecified atom stereocenters. The summed E-state index contributed by atoms with van der Waals surface area (Å²) in [5.74, 6) is 1.94. The predicted octanol–water partition coefficient (Wildman–Crippen LogP) is 5.50. The zero-order chi connectivity index (χ0) is 13.4. The Morgan fingerprint density at radius 3 is 1.20 bits per heavy atom. The average Bonchev–Trinajstić information content (AvgIpc) is 2.49. The van der Waals surface area contributed by atoms with Crippen LogP contribution < -0.4 is 0 Å². The van der Waals surface area contributed by atoms with E-state index in [-0.39, 0.29) is 0 Å². The van der Waals surface area contributed by atoms with Crippen molar-refractivity contribution in [3.63, 3.8) is 0 Å². The summed E-state index contributed by atoms with van der Waals surface area (Å²) < 4.78 is 0. The average molecular weight is 258 g/mol. The van der Waals surface area contributed by atoms with Gasteiger partial charge in [-0.25, -0.2) is 0 Å². The maximum absolute atomic E-state index is 2.29. The Kier molecular flexibility index (Phi) is 2.81. The molecule has 0 aromatic heterocycles. The standard InChI is InChI=1S/C10H10.C10H8/c1-2-4-8-7(3-1)9-5-6-10(8)9;1-2-6-10-8-4-3-7-9(10)5-1/h1-4,9-10H,5-6H2;1-8H. The first-order valence-electron chi connectivity index (χ1n) is 7.46. The summed E-state index contributed by atoms with van der Waals surface area (Å²) in [5, 5.41) is 2.62. The zero-order valence-electron chi connectivity index (χ0n) is 11.5. The number of benzene rings is 3. The van der Waals surface area contributed by atoms with Crippen LogP contribution in [-0.4, -0.2) is 0 Å². The fraction of sp³-hybridized carbons (Fsp3) is 0.200. The van der Waals surface area contributed by atoms with Crippen molar-refractivity contribution in [1.29, 1.82) is 0 Å². The highest BCUT2D eigenvalue weighted by atomic mass is 14.5. The molecule has 3 aromatic rings. The van der Waals surface area contributed by atoms with Crippen LogP contribution >= 0.6 is 0 Å². The van der Waals surface area contributed by atoms with Crippen LogP contribution in [0, 0.1) is 0 Å². The van der Waals surface area contributed by atoms with Crippen molar-refractivity contribution in [1.82, 2.24) is 0 Å². The summed E-state index contributed by atoms with van der Waals surface area (Å²) in [5.41, 5.74) is 3.28. The minimum atomic E-state index is 0.969. The Bertz CT molecular complexity index is 647. The van der Waals surface area contributed by atoms with Crippen LogP contribution in [0.3, 0.4) is 0 Å². The van der Waals surface area contributed by atoms with Crippen LogP contribution in [0.4, 0.5) is 0 Å².